The number of nitrogens with two attached hydrogens (primary N) is 2. The molecule has 8 heteroatoms. The van der Waals surface area contributed by atoms with Gasteiger partial charge in [-0.3, -0.25) is 10.1 Å². The topological polar surface area (TPSA) is 95.2 Å². The summed E-state index contributed by atoms with van der Waals surface area (Å²) in [6, 6.07) is 9.26. The number of anilines is 2. The summed E-state index contributed by atoms with van der Waals surface area (Å²) in [5, 5.41) is 10.9. The van der Waals surface area contributed by atoms with Crippen molar-refractivity contribution in [3.63, 3.8) is 0 Å². The standard InChI is InChI=1S/C12H10ClN3O2.2ClH/c13-11-6-8(16(17)18)2-3-9(11)10-5-7(14)1-4-12(10)15;;/h1-6H,14-15H2;2*1H. The van der Waals surface area contributed by atoms with Crippen LogP contribution in [0.1, 0.15) is 0 Å². The monoisotopic (exact) mass is 335 g/mol. The molecular weight excluding hydrogens is 325 g/mol. The number of nitro benzene ring substituents is 1. The first-order valence-corrected chi connectivity index (χ1v) is 5.46. The molecule has 0 amide bonds. The number of rotatable bonds is 2. The lowest BCUT2D eigenvalue weighted by Gasteiger charge is -2.08. The Morgan fingerprint density at radius 3 is 2.20 bits per heavy atom. The van der Waals surface area contributed by atoms with Crippen LogP contribution in [0.2, 0.25) is 5.02 Å². The van der Waals surface area contributed by atoms with Gasteiger partial charge < -0.3 is 11.5 Å². The molecule has 0 heterocycles. The van der Waals surface area contributed by atoms with Crippen molar-refractivity contribution >= 4 is 53.5 Å². The van der Waals surface area contributed by atoms with Gasteiger partial charge in [-0.05, 0) is 24.3 Å². The zero-order chi connectivity index (χ0) is 13.3. The van der Waals surface area contributed by atoms with Crippen LogP contribution in [0.15, 0.2) is 36.4 Å². The number of nitrogens with zero attached hydrogens (tertiary/aromatic N) is 1. The fourth-order valence-corrected chi connectivity index (χ4v) is 1.92. The maximum atomic E-state index is 10.6. The average molecular weight is 337 g/mol. The normalized spacial score (nSPS) is 9.25. The van der Waals surface area contributed by atoms with Crippen LogP contribution in [0.25, 0.3) is 11.1 Å². The van der Waals surface area contributed by atoms with E-state index in [2.05, 4.69) is 0 Å². The molecule has 108 valence electrons. The summed E-state index contributed by atoms with van der Waals surface area (Å²) in [6.45, 7) is 0. The van der Waals surface area contributed by atoms with E-state index < -0.39 is 4.92 Å². The third-order valence-corrected chi connectivity index (χ3v) is 2.84. The van der Waals surface area contributed by atoms with E-state index in [0.29, 0.717) is 22.5 Å². The van der Waals surface area contributed by atoms with Crippen molar-refractivity contribution in [2.24, 2.45) is 0 Å². The maximum Gasteiger partial charge on any atom is 0.270 e. The summed E-state index contributed by atoms with van der Waals surface area (Å²) in [6.07, 6.45) is 0. The molecule has 0 atom stereocenters. The van der Waals surface area contributed by atoms with Crippen LogP contribution in [0.4, 0.5) is 17.1 Å². The van der Waals surface area contributed by atoms with Gasteiger partial charge in [0.1, 0.15) is 0 Å². The highest BCUT2D eigenvalue weighted by Crippen LogP contribution is 2.35. The Kier molecular flexibility index (Phi) is 6.58. The maximum absolute atomic E-state index is 10.6. The molecular formula is C12H12Cl3N3O2. The molecule has 0 aromatic heterocycles. The van der Waals surface area contributed by atoms with Gasteiger partial charge >= 0.3 is 0 Å². The lowest BCUT2D eigenvalue weighted by Crippen LogP contribution is -1.94. The van der Waals surface area contributed by atoms with Crippen LogP contribution in [0.5, 0.6) is 0 Å². The quantitative estimate of drug-likeness (QED) is 0.493. The largest absolute Gasteiger partial charge is 0.399 e. The van der Waals surface area contributed by atoms with Crippen molar-refractivity contribution in [3.05, 3.63) is 51.5 Å². The van der Waals surface area contributed by atoms with Gasteiger partial charge in [-0.15, -0.1) is 24.8 Å². The van der Waals surface area contributed by atoms with E-state index in [1.165, 1.54) is 12.1 Å². The van der Waals surface area contributed by atoms with E-state index in [9.17, 15) is 10.1 Å². The van der Waals surface area contributed by atoms with Crippen LogP contribution in [0, 0.1) is 10.1 Å². The van der Waals surface area contributed by atoms with Crippen LogP contribution in [0.3, 0.4) is 0 Å². The average Bonchev–Trinajstić information content (AvgIpc) is 2.32. The highest BCUT2D eigenvalue weighted by atomic mass is 35.5. The van der Waals surface area contributed by atoms with E-state index in [0.717, 1.165) is 0 Å². The lowest BCUT2D eigenvalue weighted by atomic mass is 10.0. The highest BCUT2D eigenvalue weighted by molar-refractivity contribution is 6.33. The van der Waals surface area contributed by atoms with Crippen molar-refractivity contribution < 1.29 is 4.92 Å². The molecule has 2 aromatic rings. The van der Waals surface area contributed by atoms with Crippen LogP contribution in [-0.2, 0) is 0 Å². The molecule has 4 N–H and O–H groups in total. The Bertz CT molecular complexity index is 635. The van der Waals surface area contributed by atoms with Crippen molar-refractivity contribution in [1.29, 1.82) is 0 Å². The summed E-state index contributed by atoms with van der Waals surface area (Å²) in [4.78, 5) is 10.1. The van der Waals surface area contributed by atoms with Gasteiger partial charge in [-0.1, -0.05) is 11.6 Å². The molecule has 0 unspecified atom stereocenters. The van der Waals surface area contributed by atoms with Gasteiger partial charge in [0, 0.05) is 34.6 Å². The van der Waals surface area contributed by atoms with Crippen LogP contribution >= 0.6 is 36.4 Å². The van der Waals surface area contributed by atoms with Gasteiger partial charge in [0.05, 0.1) is 9.95 Å². The van der Waals surface area contributed by atoms with Gasteiger partial charge in [-0.2, -0.15) is 0 Å². The van der Waals surface area contributed by atoms with Crippen LogP contribution in [-0.4, -0.2) is 4.92 Å². The van der Waals surface area contributed by atoms with Gasteiger partial charge in [0.2, 0.25) is 0 Å². The van der Waals surface area contributed by atoms with Gasteiger partial charge in [-0.25, -0.2) is 0 Å². The van der Waals surface area contributed by atoms with E-state index >= 15 is 0 Å². The summed E-state index contributed by atoms with van der Waals surface area (Å²) in [7, 11) is 0. The molecule has 0 aliphatic carbocycles. The number of nitrogen functional groups attached to an aromatic ring is 2. The molecule has 0 radical (unpaired) electrons. The number of benzene rings is 2. The second-order valence-corrected chi connectivity index (χ2v) is 4.18. The highest BCUT2D eigenvalue weighted by Gasteiger charge is 2.12. The molecule has 0 spiro atoms. The lowest BCUT2D eigenvalue weighted by molar-refractivity contribution is -0.384. The third-order valence-electron chi connectivity index (χ3n) is 2.53. The molecule has 0 saturated carbocycles. The second-order valence-electron chi connectivity index (χ2n) is 3.77. The predicted molar refractivity (Wildman–Crippen MR) is 86.9 cm³/mol. The second kappa shape index (κ2) is 7.19. The molecule has 0 bridgehead atoms. The molecule has 0 fully saturated rings. The van der Waals surface area contributed by atoms with Gasteiger partial charge in [0.25, 0.3) is 5.69 Å². The molecule has 5 nitrogen and oxygen atoms in total. The Balaban J connectivity index is 0.00000180. The minimum Gasteiger partial charge on any atom is -0.399 e. The van der Waals surface area contributed by atoms with E-state index in [-0.39, 0.29) is 35.5 Å². The fraction of sp³-hybridized carbons (Fsp3) is 0. The number of hydrogen-bond donors (Lipinski definition) is 2. The summed E-state index contributed by atoms with van der Waals surface area (Å²) < 4.78 is 0. The molecule has 2 rings (SSSR count). The SMILES string of the molecule is Cl.Cl.Nc1ccc(N)c(-c2ccc([N+](=O)[O-])cc2Cl)c1. The number of hydrogen-bond acceptors (Lipinski definition) is 4. The zero-order valence-corrected chi connectivity index (χ0v) is 12.5. The minimum absolute atomic E-state index is 0. The Labute approximate surface area is 132 Å². The van der Waals surface area contributed by atoms with E-state index in [4.69, 9.17) is 23.1 Å². The van der Waals surface area contributed by atoms with E-state index in [1.807, 2.05) is 0 Å². The third kappa shape index (κ3) is 3.66. The summed E-state index contributed by atoms with van der Waals surface area (Å²) >= 11 is 6.03. The first-order chi connectivity index (χ1) is 8.49. The first-order valence-electron chi connectivity index (χ1n) is 5.08. The van der Waals surface area contributed by atoms with Crippen molar-refractivity contribution in [1.82, 2.24) is 0 Å². The molecule has 0 aliphatic heterocycles. The first kappa shape index (κ1) is 18.3. The minimum atomic E-state index is -0.502. The smallest absolute Gasteiger partial charge is 0.270 e. The Morgan fingerprint density at radius 2 is 1.65 bits per heavy atom. The molecule has 0 saturated heterocycles. The van der Waals surface area contributed by atoms with Crippen molar-refractivity contribution in [2.75, 3.05) is 11.5 Å². The van der Waals surface area contributed by atoms with Gasteiger partial charge in [0.15, 0.2) is 0 Å². The molecule has 2 aromatic carbocycles. The molecule has 20 heavy (non-hydrogen) atoms. The fourth-order valence-electron chi connectivity index (χ4n) is 1.64. The van der Waals surface area contributed by atoms with Crippen LogP contribution < -0.4 is 11.5 Å². The Morgan fingerprint density at radius 1 is 1.00 bits per heavy atom. The predicted octanol–water partition coefficient (Wildman–Crippen LogP) is 3.92. The summed E-state index contributed by atoms with van der Waals surface area (Å²) in [5.41, 5.74) is 13.8. The number of nitro groups is 1. The van der Waals surface area contributed by atoms with E-state index in [1.54, 1.807) is 24.3 Å². The zero-order valence-electron chi connectivity index (χ0n) is 10.1. The number of non-ortho nitro benzene ring substituents is 1. The summed E-state index contributed by atoms with van der Waals surface area (Å²) in [5.74, 6) is 0. The van der Waals surface area contributed by atoms with Crippen molar-refractivity contribution in [2.45, 2.75) is 0 Å². The Hall–Kier alpha value is -1.69. The molecule has 0 aliphatic rings. The number of halogens is 3. The van der Waals surface area contributed by atoms with Crippen molar-refractivity contribution in [3.8, 4) is 11.1 Å².